The molecule has 0 spiro atoms. The van der Waals surface area contributed by atoms with Crippen LogP contribution < -0.4 is 4.72 Å². The second kappa shape index (κ2) is 8.18. The number of nitrogens with zero attached hydrogens (tertiary/aromatic N) is 1. The predicted octanol–water partition coefficient (Wildman–Crippen LogP) is 4.31. The number of methoxy groups -OCH3 is 1. The number of aromatic nitrogens is 1. The van der Waals surface area contributed by atoms with Crippen molar-refractivity contribution in [3.8, 4) is 22.4 Å². The number of ether oxygens (including phenoxy) is 1. The Labute approximate surface area is 170 Å². The van der Waals surface area contributed by atoms with Crippen LogP contribution in [0.5, 0.6) is 0 Å². The van der Waals surface area contributed by atoms with Gasteiger partial charge in [-0.2, -0.15) is 0 Å². The Kier molecular flexibility index (Phi) is 5.88. The minimum Gasteiger partial charge on any atom is -0.755 e. The topological polar surface area (TPSA) is 83.4 Å². The standard InChI is InChI=1S/C20H19ClN2O4S/c1-12-17(13-6-10-16(11-7-13)22-28(25)26)19(20(24)27-3)23(2)18(12)14-4-8-15(21)9-5-14/h4-11,22H,1-3H3,(H,25,26)/p-1. The number of anilines is 1. The second-order valence-corrected chi connectivity index (χ2v) is 7.28. The fourth-order valence-electron chi connectivity index (χ4n) is 3.34. The minimum atomic E-state index is -2.40. The van der Waals surface area contributed by atoms with Gasteiger partial charge in [0.15, 0.2) is 0 Å². The second-order valence-electron chi connectivity index (χ2n) is 6.17. The van der Waals surface area contributed by atoms with Crippen LogP contribution >= 0.6 is 11.6 Å². The lowest BCUT2D eigenvalue weighted by Crippen LogP contribution is -2.09. The molecule has 146 valence electrons. The Bertz CT molecular complexity index is 1040. The average molecular weight is 418 g/mol. The summed E-state index contributed by atoms with van der Waals surface area (Å²) in [5, 5.41) is 0.628. The van der Waals surface area contributed by atoms with E-state index < -0.39 is 17.2 Å². The van der Waals surface area contributed by atoms with Crippen molar-refractivity contribution in [2.75, 3.05) is 11.8 Å². The van der Waals surface area contributed by atoms with Gasteiger partial charge in [-0.05, 0) is 47.9 Å². The van der Waals surface area contributed by atoms with Gasteiger partial charge in [0.2, 0.25) is 0 Å². The van der Waals surface area contributed by atoms with Gasteiger partial charge >= 0.3 is 5.97 Å². The quantitative estimate of drug-likeness (QED) is 0.495. The fraction of sp³-hybridized carbons (Fsp3) is 0.150. The summed E-state index contributed by atoms with van der Waals surface area (Å²) in [7, 11) is 3.15. The highest BCUT2D eigenvalue weighted by atomic mass is 35.5. The molecule has 0 radical (unpaired) electrons. The summed E-state index contributed by atoms with van der Waals surface area (Å²) in [6, 6.07) is 14.2. The molecule has 3 rings (SSSR count). The average Bonchev–Trinajstić information content (AvgIpc) is 2.92. The van der Waals surface area contributed by atoms with Gasteiger partial charge in [-0.25, -0.2) is 4.79 Å². The molecule has 1 aromatic heterocycles. The highest BCUT2D eigenvalue weighted by Crippen LogP contribution is 2.38. The molecule has 8 heteroatoms. The molecule has 1 heterocycles. The van der Waals surface area contributed by atoms with Gasteiger partial charge in [0.25, 0.3) is 0 Å². The normalized spacial score (nSPS) is 11.9. The lowest BCUT2D eigenvalue weighted by atomic mass is 9.99. The number of rotatable bonds is 5. The number of benzene rings is 2. The molecule has 0 saturated heterocycles. The van der Waals surface area contributed by atoms with Crippen LogP contribution in [0.15, 0.2) is 48.5 Å². The first-order chi connectivity index (χ1) is 13.3. The van der Waals surface area contributed by atoms with Gasteiger partial charge < -0.3 is 18.6 Å². The van der Waals surface area contributed by atoms with E-state index in [9.17, 15) is 13.6 Å². The first-order valence-electron chi connectivity index (χ1n) is 8.33. The molecule has 0 amide bonds. The van der Waals surface area contributed by atoms with Crippen molar-refractivity contribution in [2.45, 2.75) is 6.92 Å². The van der Waals surface area contributed by atoms with E-state index in [1.165, 1.54) is 7.11 Å². The van der Waals surface area contributed by atoms with Crippen molar-refractivity contribution < 1.29 is 18.3 Å². The molecule has 0 aliphatic carbocycles. The monoisotopic (exact) mass is 417 g/mol. The molecular formula is C20H18ClN2O4S-. The van der Waals surface area contributed by atoms with Gasteiger partial charge in [-0.1, -0.05) is 35.9 Å². The number of hydrogen-bond donors (Lipinski definition) is 1. The largest absolute Gasteiger partial charge is 0.755 e. The first kappa shape index (κ1) is 20.1. The molecule has 0 saturated carbocycles. The van der Waals surface area contributed by atoms with E-state index in [4.69, 9.17) is 16.3 Å². The molecule has 1 unspecified atom stereocenters. The number of carbonyl (C=O) groups excluding carboxylic acids is 1. The fourth-order valence-corrected chi connectivity index (χ4v) is 3.79. The van der Waals surface area contributed by atoms with Gasteiger partial charge in [0, 0.05) is 34.6 Å². The summed E-state index contributed by atoms with van der Waals surface area (Å²) in [5.74, 6) is -0.455. The smallest absolute Gasteiger partial charge is 0.355 e. The number of halogens is 1. The zero-order chi connectivity index (χ0) is 20.4. The molecule has 28 heavy (non-hydrogen) atoms. The summed E-state index contributed by atoms with van der Waals surface area (Å²) in [5.41, 5.74) is 5.04. The number of carbonyl (C=O) groups is 1. The molecule has 0 bridgehead atoms. The van der Waals surface area contributed by atoms with Gasteiger partial charge in [-0.3, -0.25) is 4.21 Å². The van der Waals surface area contributed by atoms with E-state index in [0.29, 0.717) is 16.4 Å². The van der Waals surface area contributed by atoms with Crippen LogP contribution in [-0.4, -0.2) is 26.4 Å². The van der Waals surface area contributed by atoms with Gasteiger partial charge in [-0.15, -0.1) is 0 Å². The molecule has 3 aromatic rings. The van der Waals surface area contributed by atoms with Crippen molar-refractivity contribution in [1.29, 1.82) is 0 Å². The molecule has 2 aromatic carbocycles. The van der Waals surface area contributed by atoms with Crippen LogP contribution in [0, 0.1) is 6.92 Å². The molecular weight excluding hydrogens is 400 g/mol. The summed E-state index contributed by atoms with van der Waals surface area (Å²) >= 11 is 3.60. The molecule has 1 atom stereocenters. The van der Waals surface area contributed by atoms with E-state index >= 15 is 0 Å². The number of hydrogen-bond acceptors (Lipinski definition) is 4. The van der Waals surface area contributed by atoms with E-state index in [1.54, 1.807) is 41.0 Å². The zero-order valence-corrected chi connectivity index (χ0v) is 17.1. The third-order valence-electron chi connectivity index (χ3n) is 4.51. The third kappa shape index (κ3) is 3.82. The number of esters is 1. The van der Waals surface area contributed by atoms with Gasteiger partial charge in [0.1, 0.15) is 5.69 Å². The molecule has 0 fully saturated rings. The van der Waals surface area contributed by atoms with Crippen molar-refractivity contribution >= 4 is 34.5 Å². The lowest BCUT2D eigenvalue weighted by molar-refractivity contribution is 0.0591. The van der Waals surface area contributed by atoms with Crippen molar-refractivity contribution in [3.05, 3.63) is 64.8 Å². The predicted molar refractivity (Wildman–Crippen MR) is 110 cm³/mol. The zero-order valence-electron chi connectivity index (χ0n) is 15.5. The Balaban J connectivity index is 2.19. The maximum Gasteiger partial charge on any atom is 0.355 e. The molecule has 1 N–H and O–H groups in total. The van der Waals surface area contributed by atoms with Crippen LogP contribution in [0.25, 0.3) is 22.4 Å². The van der Waals surface area contributed by atoms with Crippen molar-refractivity contribution in [1.82, 2.24) is 4.57 Å². The van der Waals surface area contributed by atoms with Crippen LogP contribution in [0.1, 0.15) is 16.1 Å². The number of nitrogens with one attached hydrogen (secondary N) is 1. The summed E-state index contributed by atoms with van der Waals surface area (Å²) in [6.07, 6.45) is 0. The van der Waals surface area contributed by atoms with Crippen molar-refractivity contribution in [2.24, 2.45) is 7.05 Å². The molecule has 0 aliphatic heterocycles. The highest BCUT2D eigenvalue weighted by molar-refractivity contribution is 7.80. The summed E-state index contributed by atoms with van der Waals surface area (Å²) in [6.45, 7) is 1.94. The van der Waals surface area contributed by atoms with E-state index in [2.05, 4.69) is 4.72 Å². The van der Waals surface area contributed by atoms with Crippen LogP contribution in [0.2, 0.25) is 5.02 Å². The summed E-state index contributed by atoms with van der Waals surface area (Å²) in [4.78, 5) is 12.5. The Morgan fingerprint density at radius 1 is 1.11 bits per heavy atom. The highest BCUT2D eigenvalue weighted by Gasteiger charge is 2.25. The van der Waals surface area contributed by atoms with Crippen LogP contribution in [0.3, 0.4) is 0 Å². The maximum atomic E-state index is 12.5. The maximum absolute atomic E-state index is 12.5. The van der Waals surface area contributed by atoms with E-state index in [0.717, 1.165) is 27.9 Å². The van der Waals surface area contributed by atoms with E-state index in [-0.39, 0.29) is 0 Å². The molecule has 0 aliphatic rings. The SMILES string of the molecule is COC(=O)c1c(-c2ccc(NS(=O)[O-])cc2)c(C)c(-c2ccc(Cl)cc2)n1C. The Hall–Kier alpha value is -2.61. The van der Waals surface area contributed by atoms with E-state index in [1.807, 2.05) is 26.1 Å². The van der Waals surface area contributed by atoms with Crippen molar-refractivity contribution in [3.63, 3.8) is 0 Å². The molecule has 6 nitrogen and oxygen atoms in total. The minimum absolute atomic E-state index is 0.415. The first-order valence-corrected chi connectivity index (χ1v) is 9.78. The van der Waals surface area contributed by atoms with Crippen LogP contribution in [0.4, 0.5) is 5.69 Å². The lowest BCUT2D eigenvalue weighted by Gasteiger charge is -2.10. The Morgan fingerprint density at radius 2 is 1.68 bits per heavy atom. The Morgan fingerprint density at radius 3 is 2.21 bits per heavy atom. The summed E-state index contributed by atoms with van der Waals surface area (Å²) < 4.78 is 30.7. The van der Waals surface area contributed by atoms with Gasteiger partial charge in [0.05, 0.1) is 12.8 Å². The van der Waals surface area contributed by atoms with Crippen LogP contribution in [-0.2, 0) is 23.1 Å². The third-order valence-corrected chi connectivity index (χ3v) is 5.16.